The molecule has 1 aromatic carbocycles. The van der Waals surface area contributed by atoms with Crippen molar-refractivity contribution in [2.75, 3.05) is 13.6 Å². The van der Waals surface area contributed by atoms with Gasteiger partial charge in [-0.2, -0.15) is 5.10 Å². The fraction of sp³-hybridized carbons (Fsp3) is 0.316. The van der Waals surface area contributed by atoms with E-state index in [-0.39, 0.29) is 11.9 Å². The van der Waals surface area contributed by atoms with Gasteiger partial charge in [0.1, 0.15) is 6.04 Å². The van der Waals surface area contributed by atoms with E-state index in [9.17, 15) is 4.79 Å². The maximum atomic E-state index is 12.4. The molecular formula is C19H23N5OS. The Morgan fingerprint density at radius 1 is 1.31 bits per heavy atom. The molecule has 7 heteroatoms. The zero-order chi connectivity index (χ0) is 18.5. The molecule has 2 heterocycles. The van der Waals surface area contributed by atoms with Crippen LogP contribution in [0, 0.1) is 6.92 Å². The molecule has 2 N–H and O–H groups in total. The van der Waals surface area contributed by atoms with Gasteiger partial charge in [-0.1, -0.05) is 24.3 Å². The number of rotatable bonds is 7. The molecular weight excluding hydrogens is 346 g/mol. The maximum absolute atomic E-state index is 12.4. The summed E-state index contributed by atoms with van der Waals surface area (Å²) in [6.45, 7) is 2.60. The van der Waals surface area contributed by atoms with E-state index in [1.807, 2.05) is 20.2 Å². The minimum absolute atomic E-state index is 0.0462. The summed E-state index contributed by atoms with van der Waals surface area (Å²) >= 11 is 1.65. The molecule has 0 aliphatic rings. The number of benzene rings is 1. The number of hydrogen-bond donors (Lipinski definition) is 2. The fourth-order valence-electron chi connectivity index (χ4n) is 2.81. The van der Waals surface area contributed by atoms with Crippen LogP contribution in [0.5, 0.6) is 0 Å². The number of carbonyl (C=O) groups excluding carboxylic acids is 1. The van der Waals surface area contributed by atoms with Crippen LogP contribution in [0.2, 0.25) is 0 Å². The van der Waals surface area contributed by atoms with Crippen LogP contribution in [-0.2, 0) is 18.3 Å². The predicted octanol–water partition coefficient (Wildman–Crippen LogP) is 2.47. The standard InChI is InChI=1S/C19H23N5OS/c1-13-23-17(12-26-13)15-6-4-14(5-7-15)8-9-21-19(25)18(20-2)16-10-22-24(3)11-16/h4-7,10-12,18,20H,8-9H2,1-3H3,(H,21,25). The van der Waals surface area contributed by atoms with E-state index in [0.717, 1.165) is 28.2 Å². The average Bonchev–Trinajstić information content (AvgIpc) is 3.25. The van der Waals surface area contributed by atoms with Crippen LogP contribution in [0.3, 0.4) is 0 Å². The van der Waals surface area contributed by atoms with Gasteiger partial charge in [0.05, 0.1) is 16.9 Å². The summed E-state index contributed by atoms with van der Waals surface area (Å²) in [5.41, 5.74) is 4.17. The van der Waals surface area contributed by atoms with Crippen LogP contribution in [0.4, 0.5) is 0 Å². The van der Waals surface area contributed by atoms with E-state index in [0.29, 0.717) is 6.54 Å². The van der Waals surface area contributed by atoms with Gasteiger partial charge in [-0.05, 0) is 26.0 Å². The van der Waals surface area contributed by atoms with Gasteiger partial charge >= 0.3 is 0 Å². The Kier molecular flexibility index (Phi) is 5.80. The Bertz CT molecular complexity index is 868. The largest absolute Gasteiger partial charge is 0.354 e. The third kappa shape index (κ3) is 4.36. The summed E-state index contributed by atoms with van der Waals surface area (Å²) in [7, 11) is 3.61. The summed E-state index contributed by atoms with van der Waals surface area (Å²) in [5.74, 6) is -0.0462. The Morgan fingerprint density at radius 3 is 2.65 bits per heavy atom. The lowest BCUT2D eigenvalue weighted by atomic mass is 10.1. The topological polar surface area (TPSA) is 71.8 Å². The van der Waals surface area contributed by atoms with E-state index in [1.165, 1.54) is 5.56 Å². The Labute approximate surface area is 157 Å². The second kappa shape index (κ2) is 8.25. The lowest BCUT2D eigenvalue weighted by molar-refractivity contribution is -0.123. The zero-order valence-corrected chi connectivity index (χ0v) is 16.0. The predicted molar refractivity (Wildman–Crippen MR) is 104 cm³/mol. The molecule has 0 aliphatic carbocycles. The van der Waals surface area contributed by atoms with Crippen LogP contribution >= 0.6 is 11.3 Å². The van der Waals surface area contributed by atoms with Gasteiger partial charge < -0.3 is 10.6 Å². The molecule has 0 spiro atoms. The summed E-state index contributed by atoms with van der Waals surface area (Å²) in [4.78, 5) is 16.9. The highest BCUT2D eigenvalue weighted by Gasteiger charge is 2.19. The number of hydrogen-bond acceptors (Lipinski definition) is 5. The first-order chi connectivity index (χ1) is 12.6. The van der Waals surface area contributed by atoms with E-state index < -0.39 is 0 Å². The molecule has 0 saturated heterocycles. The van der Waals surface area contributed by atoms with Gasteiger partial charge in [-0.15, -0.1) is 11.3 Å². The Morgan fingerprint density at radius 2 is 2.08 bits per heavy atom. The van der Waals surface area contributed by atoms with Gasteiger partial charge in [0.2, 0.25) is 5.91 Å². The van der Waals surface area contributed by atoms with Gasteiger partial charge in [0, 0.05) is 36.3 Å². The first-order valence-corrected chi connectivity index (χ1v) is 9.39. The summed E-state index contributed by atoms with van der Waals surface area (Å²) < 4.78 is 1.69. The quantitative estimate of drug-likeness (QED) is 0.671. The first kappa shape index (κ1) is 18.3. The Hall–Kier alpha value is -2.51. The van der Waals surface area contributed by atoms with Crippen LogP contribution in [0.1, 0.15) is 22.2 Å². The number of aromatic nitrogens is 3. The van der Waals surface area contributed by atoms with Crippen molar-refractivity contribution in [2.24, 2.45) is 7.05 Å². The van der Waals surface area contributed by atoms with E-state index in [2.05, 4.69) is 50.4 Å². The molecule has 1 amide bonds. The minimum Gasteiger partial charge on any atom is -0.354 e. The number of nitrogens with one attached hydrogen (secondary N) is 2. The first-order valence-electron chi connectivity index (χ1n) is 8.52. The van der Waals surface area contributed by atoms with Gasteiger partial charge in [-0.25, -0.2) is 4.98 Å². The monoisotopic (exact) mass is 369 g/mol. The molecule has 26 heavy (non-hydrogen) atoms. The third-order valence-corrected chi connectivity index (χ3v) is 4.96. The van der Waals surface area contributed by atoms with Crippen molar-refractivity contribution in [1.82, 2.24) is 25.4 Å². The van der Waals surface area contributed by atoms with E-state index in [1.54, 1.807) is 29.3 Å². The van der Waals surface area contributed by atoms with Crippen molar-refractivity contribution in [1.29, 1.82) is 0 Å². The minimum atomic E-state index is -0.390. The van der Waals surface area contributed by atoms with Crippen LogP contribution < -0.4 is 10.6 Å². The molecule has 6 nitrogen and oxygen atoms in total. The van der Waals surface area contributed by atoms with E-state index >= 15 is 0 Å². The molecule has 0 aliphatic heterocycles. The van der Waals surface area contributed by atoms with Crippen molar-refractivity contribution in [3.63, 3.8) is 0 Å². The molecule has 0 fully saturated rings. The van der Waals surface area contributed by atoms with E-state index in [4.69, 9.17) is 0 Å². The maximum Gasteiger partial charge on any atom is 0.241 e. The highest BCUT2D eigenvalue weighted by Crippen LogP contribution is 2.21. The number of carbonyl (C=O) groups is 1. The van der Waals surface area contributed by atoms with Crippen molar-refractivity contribution in [3.05, 3.63) is 58.2 Å². The molecule has 2 aromatic heterocycles. The number of nitrogens with zero attached hydrogens (tertiary/aromatic N) is 3. The summed E-state index contributed by atoms with van der Waals surface area (Å²) in [6, 6.07) is 7.95. The average molecular weight is 369 g/mol. The number of aryl methyl sites for hydroxylation is 2. The second-order valence-corrected chi connectivity index (χ2v) is 7.22. The van der Waals surface area contributed by atoms with Crippen LogP contribution in [-0.4, -0.2) is 34.3 Å². The third-order valence-electron chi connectivity index (χ3n) is 4.19. The Balaban J connectivity index is 1.53. The summed E-state index contributed by atoms with van der Waals surface area (Å²) in [6.07, 6.45) is 4.34. The lowest BCUT2D eigenvalue weighted by Crippen LogP contribution is -2.36. The number of amides is 1. The summed E-state index contributed by atoms with van der Waals surface area (Å²) in [5, 5.41) is 13.3. The molecule has 1 atom stereocenters. The van der Waals surface area contributed by atoms with Gasteiger partial charge in [-0.3, -0.25) is 9.48 Å². The fourth-order valence-corrected chi connectivity index (χ4v) is 3.43. The van der Waals surface area contributed by atoms with Gasteiger partial charge in [0.15, 0.2) is 0 Å². The van der Waals surface area contributed by atoms with Crippen LogP contribution in [0.15, 0.2) is 42.0 Å². The molecule has 3 rings (SSSR count). The second-order valence-electron chi connectivity index (χ2n) is 6.16. The number of likely N-dealkylation sites (N-methyl/N-ethyl adjacent to an activating group) is 1. The highest BCUT2D eigenvalue weighted by molar-refractivity contribution is 7.09. The van der Waals surface area contributed by atoms with Crippen molar-refractivity contribution in [2.45, 2.75) is 19.4 Å². The van der Waals surface area contributed by atoms with Crippen molar-refractivity contribution >= 4 is 17.2 Å². The lowest BCUT2D eigenvalue weighted by Gasteiger charge is -2.14. The SMILES string of the molecule is CNC(C(=O)NCCc1ccc(-c2csc(C)n2)cc1)c1cnn(C)c1. The van der Waals surface area contributed by atoms with Crippen LogP contribution in [0.25, 0.3) is 11.3 Å². The molecule has 0 radical (unpaired) electrons. The smallest absolute Gasteiger partial charge is 0.241 e. The highest BCUT2D eigenvalue weighted by atomic mass is 32.1. The van der Waals surface area contributed by atoms with Crippen molar-refractivity contribution in [3.8, 4) is 11.3 Å². The normalized spacial score (nSPS) is 12.1. The molecule has 0 bridgehead atoms. The van der Waals surface area contributed by atoms with Crippen molar-refractivity contribution < 1.29 is 4.79 Å². The molecule has 136 valence electrons. The molecule has 0 saturated carbocycles. The van der Waals surface area contributed by atoms with Gasteiger partial charge in [0.25, 0.3) is 0 Å². The molecule has 3 aromatic rings. The molecule has 1 unspecified atom stereocenters. The zero-order valence-electron chi connectivity index (χ0n) is 15.2. The number of thiazole rings is 1.